The van der Waals surface area contributed by atoms with Gasteiger partial charge < -0.3 is 0 Å². The lowest BCUT2D eigenvalue weighted by molar-refractivity contribution is 0.617. The number of nitrogens with zero attached hydrogens (tertiary/aromatic N) is 1. The first kappa shape index (κ1) is 8.65. The number of halogens is 2. The lowest BCUT2D eigenvalue weighted by Gasteiger charge is -2.04. The van der Waals surface area contributed by atoms with Gasteiger partial charge in [0.15, 0.2) is 0 Å². The van der Waals surface area contributed by atoms with Crippen LogP contribution in [-0.2, 0) is 0 Å². The molecule has 1 rings (SSSR count). The molecule has 0 saturated heterocycles. The minimum absolute atomic E-state index is 0.282. The molecule has 1 aromatic rings. The van der Waals surface area contributed by atoms with Crippen LogP contribution in [-0.4, -0.2) is 10.3 Å². The van der Waals surface area contributed by atoms with E-state index in [0.717, 1.165) is 11.0 Å². The molecule has 0 aliphatic carbocycles. The summed E-state index contributed by atoms with van der Waals surface area (Å²) in [4.78, 5) is 3.94. The Balaban J connectivity index is 2.81. The van der Waals surface area contributed by atoms with Crippen LogP contribution in [0.1, 0.15) is 18.5 Å². The molecule has 1 heterocycles. The number of alkyl halides is 1. The van der Waals surface area contributed by atoms with Gasteiger partial charge in [0.2, 0.25) is 0 Å². The van der Waals surface area contributed by atoms with Crippen molar-refractivity contribution in [2.24, 2.45) is 0 Å². The van der Waals surface area contributed by atoms with E-state index >= 15 is 0 Å². The Morgan fingerprint density at radius 1 is 1.64 bits per heavy atom. The molecule has 1 atom stereocenters. The van der Waals surface area contributed by atoms with Gasteiger partial charge in [0, 0.05) is 16.9 Å². The molecule has 0 amide bonds. The van der Waals surface area contributed by atoms with Gasteiger partial charge in [-0.25, -0.2) is 4.39 Å². The predicted molar refractivity (Wildman–Crippen MR) is 46.4 cm³/mol. The number of hydrogen-bond donors (Lipinski definition) is 0. The van der Waals surface area contributed by atoms with Crippen molar-refractivity contribution < 1.29 is 4.39 Å². The lowest BCUT2D eigenvalue weighted by Crippen LogP contribution is -1.97. The number of aromatic nitrogens is 1. The molecule has 0 fully saturated rings. The Morgan fingerprint density at radius 2 is 2.36 bits per heavy atom. The van der Waals surface area contributed by atoms with Crippen LogP contribution in [0.15, 0.2) is 18.3 Å². The Hall–Kier alpha value is -0.440. The van der Waals surface area contributed by atoms with E-state index in [-0.39, 0.29) is 5.82 Å². The molecule has 0 aliphatic rings. The van der Waals surface area contributed by atoms with Crippen LogP contribution >= 0.6 is 15.9 Å². The average molecular weight is 218 g/mol. The van der Waals surface area contributed by atoms with E-state index in [1.165, 1.54) is 12.3 Å². The lowest BCUT2D eigenvalue weighted by atomic mass is 10.1. The third-order valence-corrected chi connectivity index (χ3v) is 2.46. The van der Waals surface area contributed by atoms with Crippen LogP contribution in [0.25, 0.3) is 0 Å². The molecule has 1 unspecified atom stereocenters. The summed E-state index contributed by atoms with van der Waals surface area (Å²) >= 11 is 3.34. The largest absolute Gasteiger partial charge is 0.258 e. The Morgan fingerprint density at radius 3 is 2.82 bits per heavy atom. The average Bonchev–Trinajstić information content (AvgIpc) is 2.05. The Labute approximate surface area is 73.8 Å². The maximum atomic E-state index is 12.4. The van der Waals surface area contributed by atoms with E-state index in [1.54, 1.807) is 6.07 Å². The molecule has 3 heteroatoms. The van der Waals surface area contributed by atoms with E-state index in [2.05, 4.69) is 20.9 Å². The predicted octanol–water partition coefficient (Wildman–Crippen LogP) is 2.72. The summed E-state index contributed by atoms with van der Waals surface area (Å²) in [5.74, 6) is 0.0612. The number of hydrogen-bond acceptors (Lipinski definition) is 1. The molecular formula is C8H9BrFN. The van der Waals surface area contributed by atoms with Crippen LogP contribution < -0.4 is 0 Å². The first-order valence-corrected chi connectivity index (χ1v) is 4.53. The Bertz CT molecular complexity index is 222. The molecule has 0 N–H and O–H groups in total. The highest BCUT2D eigenvalue weighted by molar-refractivity contribution is 9.09. The zero-order valence-electron chi connectivity index (χ0n) is 6.22. The van der Waals surface area contributed by atoms with Gasteiger partial charge in [0.05, 0.1) is 6.20 Å². The van der Waals surface area contributed by atoms with Crippen molar-refractivity contribution in [2.45, 2.75) is 12.8 Å². The molecule has 0 aliphatic heterocycles. The van der Waals surface area contributed by atoms with Crippen molar-refractivity contribution in [1.29, 1.82) is 0 Å². The molecule has 11 heavy (non-hydrogen) atoms. The topological polar surface area (TPSA) is 12.9 Å². The summed E-state index contributed by atoms with van der Waals surface area (Å²) < 4.78 is 12.4. The van der Waals surface area contributed by atoms with Crippen molar-refractivity contribution in [3.8, 4) is 0 Å². The van der Waals surface area contributed by atoms with Crippen molar-refractivity contribution >= 4 is 15.9 Å². The second-order valence-corrected chi connectivity index (χ2v) is 3.10. The van der Waals surface area contributed by atoms with Crippen LogP contribution in [0, 0.1) is 5.82 Å². The zero-order chi connectivity index (χ0) is 8.27. The molecule has 60 valence electrons. The monoisotopic (exact) mass is 217 g/mol. The molecule has 0 saturated carbocycles. The maximum Gasteiger partial charge on any atom is 0.141 e. The van der Waals surface area contributed by atoms with Gasteiger partial charge >= 0.3 is 0 Å². The summed E-state index contributed by atoms with van der Waals surface area (Å²) in [5.41, 5.74) is 0.920. The van der Waals surface area contributed by atoms with Crippen molar-refractivity contribution in [3.63, 3.8) is 0 Å². The van der Waals surface area contributed by atoms with Crippen molar-refractivity contribution in [3.05, 3.63) is 29.8 Å². The fraction of sp³-hybridized carbons (Fsp3) is 0.375. The molecule has 0 spiro atoms. The Kier molecular flexibility index (Phi) is 3.00. The second kappa shape index (κ2) is 3.81. The highest BCUT2D eigenvalue weighted by atomic mass is 79.9. The summed E-state index contributed by atoms with van der Waals surface area (Å²) in [6.07, 6.45) is 1.24. The van der Waals surface area contributed by atoms with Gasteiger partial charge in [-0.15, -0.1) is 0 Å². The third kappa shape index (κ3) is 2.26. The zero-order valence-corrected chi connectivity index (χ0v) is 7.81. The highest BCUT2D eigenvalue weighted by Gasteiger charge is 2.03. The molecule has 1 nitrogen and oxygen atoms in total. The maximum absolute atomic E-state index is 12.4. The first-order chi connectivity index (χ1) is 5.24. The first-order valence-electron chi connectivity index (χ1n) is 3.41. The van der Waals surface area contributed by atoms with Gasteiger partial charge in [-0.05, 0) is 12.1 Å². The van der Waals surface area contributed by atoms with Gasteiger partial charge in [0.1, 0.15) is 5.82 Å². The number of rotatable bonds is 2. The van der Waals surface area contributed by atoms with Crippen LogP contribution in [0.3, 0.4) is 0 Å². The van der Waals surface area contributed by atoms with Gasteiger partial charge in [0.25, 0.3) is 0 Å². The molecule has 0 aromatic carbocycles. The fourth-order valence-corrected chi connectivity index (χ4v) is 1.09. The van der Waals surface area contributed by atoms with Crippen LogP contribution in [0.4, 0.5) is 4.39 Å². The van der Waals surface area contributed by atoms with E-state index < -0.39 is 0 Å². The minimum atomic E-state index is -0.282. The molecule has 0 bridgehead atoms. The number of pyridine rings is 1. The van der Waals surface area contributed by atoms with Crippen molar-refractivity contribution in [2.75, 3.05) is 5.33 Å². The van der Waals surface area contributed by atoms with Crippen LogP contribution in [0.2, 0.25) is 0 Å². The standard InChI is InChI=1S/C8H9BrFN/c1-6(4-9)8-3-2-7(10)5-11-8/h2-3,5-6H,4H2,1H3. The van der Waals surface area contributed by atoms with Crippen molar-refractivity contribution in [1.82, 2.24) is 4.98 Å². The van der Waals surface area contributed by atoms with Gasteiger partial charge in [-0.3, -0.25) is 4.98 Å². The van der Waals surface area contributed by atoms with E-state index in [1.807, 2.05) is 6.92 Å². The molecule has 1 aromatic heterocycles. The smallest absolute Gasteiger partial charge is 0.141 e. The van der Waals surface area contributed by atoms with Gasteiger partial charge in [-0.2, -0.15) is 0 Å². The minimum Gasteiger partial charge on any atom is -0.258 e. The SMILES string of the molecule is CC(CBr)c1ccc(F)cn1. The van der Waals surface area contributed by atoms with E-state index in [0.29, 0.717) is 5.92 Å². The summed E-state index contributed by atoms with van der Waals surface area (Å²) in [6, 6.07) is 3.14. The summed E-state index contributed by atoms with van der Waals surface area (Å²) in [6.45, 7) is 2.04. The third-order valence-electron chi connectivity index (χ3n) is 1.49. The highest BCUT2D eigenvalue weighted by Crippen LogP contribution is 2.14. The van der Waals surface area contributed by atoms with Crippen LogP contribution in [0.5, 0.6) is 0 Å². The normalized spacial score (nSPS) is 13.0. The summed E-state index contributed by atoms with van der Waals surface area (Å²) in [7, 11) is 0. The van der Waals surface area contributed by atoms with E-state index in [4.69, 9.17) is 0 Å². The van der Waals surface area contributed by atoms with E-state index in [9.17, 15) is 4.39 Å². The second-order valence-electron chi connectivity index (χ2n) is 2.46. The summed E-state index contributed by atoms with van der Waals surface area (Å²) in [5, 5.41) is 0.853. The quantitative estimate of drug-likeness (QED) is 0.695. The molecule has 0 radical (unpaired) electrons. The fourth-order valence-electron chi connectivity index (χ4n) is 0.758. The molecular weight excluding hydrogens is 209 g/mol. The van der Waals surface area contributed by atoms with Gasteiger partial charge in [-0.1, -0.05) is 22.9 Å².